The van der Waals surface area contributed by atoms with Gasteiger partial charge in [-0.2, -0.15) is 0 Å². The molecule has 1 unspecified atom stereocenters. The minimum Gasteiger partial charge on any atom is -0.362 e. The summed E-state index contributed by atoms with van der Waals surface area (Å²) in [7, 11) is 1.82. The van der Waals surface area contributed by atoms with Crippen LogP contribution in [-0.2, 0) is 4.79 Å². The summed E-state index contributed by atoms with van der Waals surface area (Å²) in [6.07, 6.45) is 6.54. The van der Waals surface area contributed by atoms with Crippen LogP contribution in [0.4, 0.5) is 5.82 Å². The van der Waals surface area contributed by atoms with Crippen LogP contribution < -0.4 is 5.32 Å². The maximum Gasteiger partial charge on any atom is 0.222 e. The van der Waals surface area contributed by atoms with Gasteiger partial charge in [0.2, 0.25) is 11.6 Å². The molecule has 3 rings (SSSR count). The first-order valence-corrected chi connectivity index (χ1v) is 5.89. The summed E-state index contributed by atoms with van der Waals surface area (Å²) in [6, 6.07) is 0.211. The van der Waals surface area contributed by atoms with Crippen LogP contribution in [0.25, 0.3) is 5.65 Å². The zero-order valence-electron chi connectivity index (χ0n) is 10.1. The van der Waals surface area contributed by atoms with Gasteiger partial charge in [0.05, 0.1) is 0 Å². The molecule has 2 aromatic heterocycles. The van der Waals surface area contributed by atoms with Crippen molar-refractivity contribution in [3.8, 4) is 0 Å². The van der Waals surface area contributed by atoms with Gasteiger partial charge in [-0.1, -0.05) is 0 Å². The number of nitrogens with one attached hydrogen (secondary N) is 1. The Labute approximate surface area is 104 Å². The molecule has 2 aromatic rings. The number of likely N-dealkylation sites (N-methyl/N-ethyl adjacent to an activating group) is 1. The van der Waals surface area contributed by atoms with Crippen molar-refractivity contribution in [2.75, 3.05) is 18.9 Å². The van der Waals surface area contributed by atoms with Gasteiger partial charge in [0.15, 0.2) is 5.82 Å². The first kappa shape index (κ1) is 10.9. The highest BCUT2D eigenvalue weighted by molar-refractivity contribution is 5.77. The number of amides is 1. The Morgan fingerprint density at radius 2 is 2.39 bits per heavy atom. The lowest BCUT2D eigenvalue weighted by Crippen LogP contribution is -2.43. The van der Waals surface area contributed by atoms with Gasteiger partial charge in [0, 0.05) is 38.4 Å². The van der Waals surface area contributed by atoms with E-state index in [9.17, 15) is 4.79 Å². The summed E-state index contributed by atoms with van der Waals surface area (Å²) in [4.78, 5) is 17.4. The van der Waals surface area contributed by atoms with Crippen LogP contribution in [-0.4, -0.2) is 50.0 Å². The lowest BCUT2D eigenvalue weighted by Gasteiger charge is -2.30. The summed E-state index contributed by atoms with van der Waals surface area (Å²) < 4.78 is 1.81. The SMILES string of the molecule is CN1CC(Nc2nccn3cnnc23)CCC1=O. The average molecular weight is 246 g/mol. The summed E-state index contributed by atoms with van der Waals surface area (Å²) in [6.45, 7) is 0.690. The molecule has 0 saturated carbocycles. The highest BCUT2D eigenvalue weighted by atomic mass is 16.2. The van der Waals surface area contributed by atoms with E-state index >= 15 is 0 Å². The molecule has 1 aliphatic rings. The van der Waals surface area contributed by atoms with Crippen LogP contribution >= 0.6 is 0 Å². The number of fused-ring (bicyclic) bond motifs is 1. The smallest absolute Gasteiger partial charge is 0.222 e. The number of aromatic nitrogens is 4. The summed E-state index contributed by atoms with van der Waals surface area (Å²) in [5, 5.41) is 11.2. The Balaban J connectivity index is 1.80. The second-order valence-electron chi connectivity index (χ2n) is 4.49. The molecule has 18 heavy (non-hydrogen) atoms. The quantitative estimate of drug-likeness (QED) is 0.816. The number of piperidine rings is 1. The van der Waals surface area contributed by atoms with Crippen molar-refractivity contribution in [2.24, 2.45) is 0 Å². The first-order chi connectivity index (χ1) is 8.74. The molecule has 1 amide bonds. The molecule has 1 fully saturated rings. The van der Waals surface area contributed by atoms with E-state index in [4.69, 9.17) is 0 Å². The van der Waals surface area contributed by atoms with Crippen LogP contribution in [0.15, 0.2) is 18.7 Å². The summed E-state index contributed by atoms with van der Waals surface area (Å²) in [5.74, 6) is 0.907. The molecule has 0 spiro atoms. The number of anilines is 1. The second kappa shape index (κ2) is 4.25. The first-order valence-electron chi connectivity index (χ1n) is 5.89. The second-order valence-corrected chi connectivity index (χ2v) is 4.49. The minimum atomic E-state index is 0.196. The molecule has 7 heteroatoms. The predicted octanol–water partition coefficient (Wildman–Crippen LogP) is 0.157. The van der Waals surface area contributed by atoms with Crippen molar-refractivity contribution in [1.29, 1.82) is 0 Å². The van der Waals surface area contributed by atoms with Crippen molar-refractivity contribution >= 4 is 17.4 Å². The van der Waals surface area contributed by atoms with Crippen molar-refractivity contribution in [2.45, 2.75) is 18.9 Å². The van der Waals surface area contributed by atoms with E-state index in [-0.39, 0.29) is 11.9 Å². The predicted molar refractivity (Wildman–Crippen MR) is 65.1 cm³/mol. The van der Waals surface area contributed by atoms with Crippen LogP contribution in [0.3, 0.4) is 0 Å². The highest BCUT2D eigenvalue weighted by Crippen LogP contribution is 2.16. The van der Waals surface area contributed by atoms with E-state index in [1.54, 1.807) is 23.6 Å². The standard InChI is InChI=1S/C11H14N6O/c1-16-6-8(2-3-9(16)18)14-10-11-15-13-7-17(11)5-4-12-10/h4-5,7-8H,2-3,6H2,1H3,(H,12,14). The van der Waals surface area contributed by atoms with Crippen LogP contribution in [0.2, 0.25) is 0 Å². The van der Waals surface area contributed by atoms with Gasteiger partial charge in [-0.25, -0.2) is 4.98 Å². The molecule has 0 bridgehead atoms. The van der Waals surface area contributed by atoms with Gasteiger partial charge in [0.1, 0.15) is 6.33 Å². The highest BCUT2D eigenvalue weighted by Gasteiger charge is 2.23. The number of carbonyl (C=O) groups is 1. The number of carbonyl (C=O) groups excluding carboxylic acids is 1. The zero-order valence-corrected chi connectivity index (χ0v) is 10.1. The molecular formula is C11H14N6O. The lowest BCUT2D eigenvalue weighted by molar-refractivity contribution is -0.132. The fraction of sp³-hybridized carbons (Fsp3) is 0.455. The minimum absolute atomic E-state index is 0.196. The average Bonchev–Trinajstić information content (AvgIpc) is 2.83. The molecule has 7 nitrogen and oxygen atoms in total. The Bertz CT molecular complexity index is 580. The molecular weight excluding hydrogens is 232 g/mol. The lowest BCUT2D eigenvalue weighted by atomic mass is 10.1. The maximum atomic E-state index is 11.4. The van der Waals surface area contributed by atoms with E-state index in [0.29, 0.717) is 24.4 Å². The number of hydrogen-bond acceptors (Lipinski definition) is 5. The van der Waals surface area contributed by atoms with Gasteiger partial charge in [-0.3, -0.25) is 9.20 Å². The summed E-state index contributed by atoms with van der Waals surface area (Å²) in [5.41, 5.74) is 0.706. The van der Waals surface area contributed by atoms with Crippen LogP contribution in [0, 0.1) is 0 Å². The molecule has 1 N–H and O–H groups in total. The third-order valence-electron chi connectivity index (χ3n) is 3.18. The number of rotatable bonds is 2. The van der Waals surface area contributed by atoms with Crippen molar-refractivity contribution in [3.63, 3.8) is 0 Å². The Hall–Kier alpha value is -2.18. The van der Waals surface area contributed by atoms with Crippen LogP contribution in [0.5, 0.6) is 0 Å². The Kier molecular flexibility index (Phi) is 2.58. The number of hydrogen-bond donors (Lipinski definition) is 1. The maximum absolute atomic E-state index is 11.4. The molecule has 0 aliphatic carbocycles. The van der Waals surface area contributed by atoms with Gasteiger partial charge in [0.25, 0.3) is 0 Å². The monoisotopic (exact) mass is 246 g/mol. The van der Waals surface area contributed by atoms with E-state index in [0.717, 1.165) is 6.42 Å². The van der Waals surface area contributed by atoms with Crippen molar-refractivity contribution < 1.29 is 4.79 Å². The van der Waals surface area contributed by atoms with Gasteiger partial charge >= 0.3 is 0 Å². The summed E-state index contributed by atoms with van der Waals surface area (Å²) >= 11 is 0. The molecule has 1 saturated heterocycles. The van der Waals surface area contributed by atoms with E-state index in [1.165, 1.54) is 0 Å². The largest absolute Gasteiger partial charge is 0.362 e. The van der Waals surface area contributed by atoms with E-state index in [2.05, 4.69) is 20.5 Å². The third-order valence-corrected chi connectivity index (χ3v) is 3.18. The fourth-order valence-electron chi connectivity index (χ4n) is 2.18. The fourth-order valence-corrected chi connectivity index (χ4v) is 2.18. The van der Waals surface area contributed by atoms with Crippen molar-refractivity contribution in [3.05, 3.63) is 18.7 Å². The Morgan fingerprint density at radius 3 is 3.22 bits per heavy atom. The molecule has 1 atom stereocenters. The van der Waals surface area contributed by atoms with Crippen molar-refractivity contribution in [1.82, 2.24) is 24.5 Å². The van der Waals surface area contributed by atoms with Crippen LogP contribution in [0.1, 0.15) is 12.8 Å². The molecule has 3 heterocycles. The molecule has 1 aliphatic heterocycles. The molecule has 0 aromatic carbocycles. The zero-order chi connectivity index (χ0) is 12.5. The topological polar surface area (TPSA) is 75.4 Å². The van der Waals surface area contributed by atoms with Gasteiger partial charge in [-0.05, 0) is 6.42 Å². The van der Waals surface area contributed by atoms with E-state index < -0.39 is 0 Å². The molecule has 0 radical (unpaired) electrons. The Morgan fingerprint density at radius 1 is 1.50 bits per heavy atom. The van der Waals surface area contributed by atoms with E-state index in [1.807, 2.05) is 11.4 Å². The molecule has 94 valence electrons. The van der Waals surface area contributed by atoms with Gasteiger partial charge < -0.3 is 10.2 Å². The van der Waals surface area contributed by atoms with Gasteiger partial charge in [-0.15, -0.1) is 10.2 Å². The third kappa shape index (κ3) is 1.87. The number of nitrogens with zero attached hydrogens (tertiary/aromatic N) is 5. The normalized spacial score (nSPS) is 20.4. The number of likely N-dealkylation sites (tertiary alicyclic amines) is 1.